The number of halogens is 1. The van der Waals surface area contributed by atoms with E-state index in [-0.39, 0.29) is 11.7 Å². The molecule has 1 aromatic carbocycles. The van der Waals surface area contributed by atoms with Gasteiger partial charge in [0.2, 0.25) is 5.91 Å². The molecule has 0 radical (unpaired) electrons. The minimum absolute atomic E-state index is 0.0699. The number of carbonyl (C=O) groups excluding carboxylic acids is 1. The number of aromatic amines is 1. The second-order valence-electron chi connectivity index (χ2n) is 5.52. The van der Waals surface area contributed by atoms with Crippen molar-refractivity contribution in [1.82, 2.24) is 9.97 Å². The largest absolute Gasteiger partial charge is 0.453 e. The van der Waals surface area contributed by atoms with Crippen LogP contribution in [0.4, 0.5) is 10.1 Å². The third kappa shape index (κ3) is 3.77. The minimum atomic E-state index is -0.565. The van der Waals surface area contributed by atoms with Gasteiger partial charge in [0.15, 0.2) is 11.6 Å². The molecule has 0 aliphatic carbocycles. The van der Waals surface area contributed by atoms with E-state index in [2.05, 4.69) is 15.3 Å². The molecular formula is C18H18FN3O3. The third-order valence-electron chi connectivity index (χ3n) is 3.66. The molecule has 0 saturated carbocycles. The zero-order valence-corrected chi connectivity index (χ0v) is 13.9. The lowest BCUT2D eigenvalue weighted by molar-refractivity contribution is -0.114. The number of pyridine rings is 1. The summed E-state index contributed by atoms with van der Waals surface area (Å²) in [6, 6.07) is 5.97. The highest BCUT2D eigenvalue weighted by Crippen LogP contribution is 2.33. The summed E-state index contributed by atoms with van der Waals surface area (Å²) in [4.78, 5) is 18.4. The lowest BCUT2D eigenvalue weighted by Crippen LogP contribution is -2.06. The topological polar surface area (TPSA) is 76.2 Å². The maximum atomic E-state index is 14.3. The molecule has 0 fully saturated rings. The van der Waals surface area contributed by atoms with Crippen LogP contribution in [0, 0.1) is 5.82 Å². The standard InChI is InChI=1S/C18H18FN3O3/c1-11(23)22-13-3-4-15(14(19)9-13)25-16-5-7-20-18-17(16)12(10-21-18)6-8-24-2/h3-5,7,9-10H,6,8H2,1-2H3,(H,20,21)(H,22,23). The van der Waals surface area contributed by atoms with Gasteiger partial charge >= 0.3 is 0 Å². The zero-order chi connectivity index (χ0) is 17.8. The number of nitrogens with zero attached hydrogens (tertiary/aromatic N) is 1. The molecule has 0 saturated heterocycles. The van der Waals surface area contributed by atoms with Crippen molar-refractivity contribution in [3.05, 3.63) is 48.0 Å². The fourth-order valence-electron chi connectivity index (χ4n) is 2.57. The molecule has 0 aliphatic heterocycles. The average molecular weight is 343 g/mol. The van der Waals surface area contributed by atoms with Crippen molar-refractivity contribution < 1.29 is 18.7 Å². The molecule has 3 rings (SSSR count). The first-order chi connectivity index (χ1) is 12.1. The van der Waals surface area contributed by atoms with Crippen molar-refractivity contribution in [2.45, 2.75) is 13.3 Å². The van der Waals surface area contributed by atoms with E-state index in [4.69, 9.17) is 9.47 Å². The molecule has 25 heavy (non-hydrogen) atoms. The number of H-pyrrole nitrogens is 1. The summed E-state index contributed by atoms with van der Waals surface area (Å²) in [5.74, 6) is -0.256. The van der Waals surface area contributed by atoms with Crippen LogP contribution in [-0.4, -0.2) is 29.6 Å². The monoisotopic (exact) mass is 343 g/mol. The van der Waals surface area contributed by atoms with E-state index < -0.39 is 5.82 Å². The Morgan fingerprint density at radius 1 is 1.32 bits per heavy atom. The Labute approximate surface area is 144 Å². The normalized spacial score (nSPS) is 10.8. The summed E-state index contributed by atoms with van der Waals surface area (Å²) < 4.78 is 25.2. The quantitative estimate of drug-likeness (QED) is 0.716. The zero-order valence-electron chi connectivity index (χ0n) is 13.9. The molecule has 2 aromatic heterocycles. The van der Waals surface area contributed by atoms with Crippen LogP contribution < -0.4 is 10.1 Å². The van der Waals surface area contributed by atoms with Gasteiger partial charge in [-0.3, -0.25) is 4.79 Å². The van der Waals surface area contributed by atoms with Crippen molar-refractivity contribution in [1.29, 1.82) is 0 Å². The van der Waals surface area contributed by atoms with Crippen LogP contribution in [0.5, 0.6) is 11.5 Å². The molecule has 7 heteroatoms. The molecule has 0 unspecified atom stereocenters. The molecule has 1 amide bonds. The Morgan fingerprint density at radius 3 is 2.88 bits per heavy atom. The number of aromatic nitrogens is 2. The van der Waals surface area contributed by atoms with Crippen molar-refractivity contribution in [3.8, 4) is 11.5 Å². The Hall–Kier alpha value is -2.93. The van der Waals surface area contributed by atoms with Crippen LogP contribution in [0.15, 0.2) is 36.7 Å². The molecule has 3 aromatic rings. The number of hydrogen-bond donors (Lipinski definition) is 2. The molecule has 2 N–H and O–H groups in total. The highest BCUT2D eigenvalue weighted by Gasteiger charge is 2.14. The Kier molecular flexibility index (Phi) is 4.95. The number of hydrogen-bond acceptors (Lipinski definition) is 4. The van der Waals surface area contributed by atoms with Crippen molar-refractivity contribution in [2.75, 3.05) is 19.0 Å². The smallest absolute Gasteiger partial charge is 0.221 e. The Morgan fingerprint density at radius 2 is 2.16 bits per heavy atom. The van der Waals surface area contributed by atoms with Crippen LogP contribution in [0.2, 0.25) is 0 Å². The number of ether oxygens (including phenoxy) is 2. The first-order valence-electron chi connectivity index (χ1n) is 7.77. The summed E-state index contributed by atoms with van der Waals surface area (Å²) in [6.45, 7) is 1.92. The number of nitrogens with one attached hydrogen (secondary N) is 2. The van der Waals surface area contributed by atoms with Crippen molar-refractivity contribution in [2.24, 2.45) is 0 Å². The van der Waals surface area contributed by atoms with Crippen molar-refractivity contribution >= 4 is 22.6 Å². The first-order valence-corrected chi connectivity index (χ1v) is 7.77. The lowest BCUT2D eigenvalue weighted by Gasteiger charge is -2.10. The van der Waals surface area contributed by atoms with Crippen LogP contribution in [-0.2, 0) is 16.0 Å². The Balaban J connectivity index is 1.92. The number of amides is 1. The highest BCUT2D eigenvalue weighted by molar-refractivity contribution is 5.89. The van der Waals surface area contributed by atoms with Gasteiger partial charge in [0.25, 0.3) is 0 Å². The molecule has 0 bridgehead atoms. The summed E-state index contributed by atoms with van der Waals surface area (Å²) in [5, 5.41) is 3.33. The van der Waals surface area contributed by atoms with Crippen LogP contribution in [0.1, 0.15) is 12.5 Å². The molecule has 0 aliphatic rings. The van der Waals surface area contributed by atoms with Gasteiger partial charge in [0, 0.05) is 38.2 Å². The third-order valence-corrected chi connectivity index (χ3v) is 3.66. The first kappa shape index (κ1) is 16.9. The maximum Gasteiger partial charge on any atom is 0.221 e. The van der Waals surface area contributed by atoms with E-state index in [0.29, 0.717) is 30.1 Å². The summed E-state index contributed by atoms with van der Waals surface area (Å²) in [7, 11) is 1.64. The number of rotatable bonds is 6. The predicted octanol–water partition coefficient (Wildman–Crippen LogP) is 3.64. The van der Waals surface area contributed by atoms with E-state index in [0.717, 1.165) is 10.9 Å². The van der Waals surface area contributed by atoms with E-state index >= 15 is 0 Å². The van der Waals surface area contributed by atoms with Gasteiger partial charge in [-0.15, -0.1) is 0 Å². The number of carbonyl (C=O) groups is 1. The number of fused-ring (bicyclic) bond motifs is 1. The minimum Gasteiger partial charge on any atom is -0.453 e. The van der Waals surface area contributed by atoms with E-state index in [1.54, 1.807) is 25.4 Å². The van der Waals surface area contributed by atoms with Gasteiger partial charge in [0.05, 0.1) is 12.0 Å². The SMILES string of the molecule is COCCc1c[nH]c2nccc(Oc3ccc(NC(C)=O)cc3F)c12. The van der Waals surface area contributed by atoms with E-state index in [1.165, 1.54) is 19.1 Å². The van der Waals surface area contributed by atoms with Gasteiger partial charge in [-0.1, -0.05) is 0 Å². The Bertz CT molecular complexity index is 908. The predicted molar refractivity (Wildman–Crippen MR) is 92.5 cm³/mol. The van der Waals surface area contributed by atoms with E-state index in [1.807, 2.05) is 6.20 Å². The van der Waals surface area contributed by atoms with Crippen LogP contribution in [0.3, 0.4) is 0 Å². The van der Waals surface area contributed by atoms with Crippen LogP contribution >= 0.6 is 0 Å². The molecule has 0 atom stereocenters. The molecule has 130 valence electrons. The lowest BCUT2D eigenvalue weighted by atomic mass is 10.1. The van der Waals surface area contributed by atoms with E-state index in [9.17, 15) is 9.18 Å². The number of methoxy groups -OCH3 is 1. The number of anilines is 1. The average Bonchev–Trinajstić information content (AvgIpc) is 2.99. The number of benzene rings is 1. The van der Waals surface area contributed by atoms with Gasteiger partial charge < -0.3 is 19.8 Å². The summed E-state index contributed by atoms with van der Waals surface area (Å²) in [6.07, 6.45) is 4.13. The maximum absolute atomic E-state index is 14.3. The fourth-order valence-corrected chi connectivity index (χ4v) is 2.57. The second-order valence-corrected chi connectivity index (χ2v) is 5.52. The van der Waals surface area contributed by atoms with Crippen LogP contribution in [0.25, 0.3) is 11.0 Å². The van der Waals surface area contributed by atoms with Gasteiger partial charge in [-0.05, 0) is 30.2 Å². The summed E-state index contributed by atoms with van der Waals surface area (Å²) >= 11 is 0. The molecule has 6 nitrogen and oxygen atoms in total. The highest BCUT2D eigenvalue weighted by atomic mass is 19.1. The molecule has 0 spiro atoms. The van der Waals surface area contributed by atoms with Gasteiger partial charge in [0.1, 0.15) is 11.4 Å². The van der Waals surface area contributed by atoms with Gasteiger partial charge in [-0.2, -0.15) is 0 Å². The fraction of sp³-hybridized carbons (Fsp3) is 0.222. The molecular weight excluding hydrogens is 325 g/mol. The van der Waals surface area contributed by atoms with Crippen molar-refractivity contribution in [3.63, 3.8) is 0 Å². The molecule has 2 heterocycles. The second kappa shape index (κ2) is 7.31. The van der Waals surface area contributed by atoms with Gasteiger partial charge in [-0.25, -0.2) is 9.37 Å². The summed E-state index contributed by atoms with van der Waals surface area (Å²) in [5.41, 5.74) is 2.02.